The van der Waals surface area contributed by atoms with E-state index in [0.717, 1.165) is 0 Å². The number of halogens is 1. The number of methoxy groups -OCH3 is 1. The minimum absolute atomic E-state index is 0.0969. The molecular weight excluding hydrogens is 351 g/mol. The third kappa shape index (κ3) is 3.91. The number of non-ortho nitro benzene ring substituents is 1. The number of nitro groups is 1. The normalized spacial score (nSPS) is 11.9. The Morgan fingerprint density at radius 2 is 2.28 bits per heavy atom. The third-order valence-corrected chi connectivity index (χ3v) is 3.30. The molecule has 0 radical (unpaired) electrons. The van der Waals surface area contributed by atoms with Crippen molar-refractivity contribution in [3.05, 3.63) is 37.4 Å². The molecule has 7 heteroatoms. The van der Waals surface area contributed by atoms with Crippen molar-refractivity contribution < 1.29 is 14.5 Å². The van der Waals surface area contributed by atoms with Crippen molar-refractivity contribution in [2.24, 2.45) is 0 Å². The number of nitrogens with one attached hydrogen (secondary N) is 1. The predicted octanol–water partition coefficient (Wildman–Crippen LogP) is 1.96. The van der Waals surface area contributed by atoms with Gasteiger partial charge < -0.3 is 10.1 Å². The molecule has 1 unspecified atom stereocenters. The van der Waals surface area contributed by atoms with E-state index >= 15 is 0 Å². The highest BCUT2D eigenvalue weighted by atomic mass is 127. The van der Waals surface area contributed by atoms with E-state index < -0.39 is 4.92 Å². The van der Waals surface area contributed by atoms with Gasteiger partial charge in [0.05, 0.1) is 16.6 Å². The van der Waals surface area contributed by atoms with Crippen LogP contribution in [0.15, 0.2) is 18.2 Å². The number of hydrogen-bond donors (Lipinski definition) is 1. The van der Waals surface area contributed by atoms with Gasteiger partial charge in [-0.15, -0.1) is 0 Å². The van der Waals surface area contributed by atoms with E-state index in [4.69, 9.17) is 4.74 Å². The Balaban J connectivity index is 2.84. The molecule has 1 atom stereocenters. The second-order valence-corrected chi connectivity index (χ2v) is 4.84. The first-order valence-electron chi connectivity index (χ1n) is 5.20. The molecule has 0 saturated carbocycles. The van der Waals surface area contributed by atoms with Gasteiger partial charge in [-0.05, 0) is 35.6 Å². The van der Waals surface area contributed by atoms with Crippen LogP contribution in [0.1, 0.15) is 17.3 Å². The Bertz CT molecular complexity index is 464. The number of rotatable bonds is 5. The molecule has 1 aromatic rings. The van der Waals surface area contributed by atoms with Crippen molar-refractivity contribution in [1.29, 1.82) is 0 Å². The summed E-state index contributed by atoms with van der Waals surface area (Å²) in [5.41, 5.74) is 0.202. The summed E-state index contributed by atoms with van der Waals surface area (Å²) >= 11 is 1.97. The van der Waals surface area contributed by atoms with E-state index in [2.05, 4.69) is 5.32 Å². The predicted molar refractivity (Wildman–Crippen MR) is 74.6 cm³/mol. The number of hydrogen-bond acceptors (Lipinski definition) is 4. The van der Waals surface area contributed by atoms with E-state index in [1.54, 1.807) is 13.2 Å². The van der Waals surface area contributed by atoms with Gasteiger partial charge in [0.2, 0.25) is 0 Å². The summed E-state index contributed by atoms with van der Waals surface area (Å²) in [4.78, 5) is 22.0. The minimum atomic E-state index is -0.523. The lowest BCUT2D eigenvalue weighted by Gasteiger charge is -2.11. The highest BCUT2D eigenvalue weighted by Gasteiger charge is 2.15. The number of carbonyl (C=O) groups is 1. The Hall–Kier alpha value is -1.22. The average molecular weight is 364 g/mol. The van der Waals surface area contributed by atoms with Crippen molar-refractivity contribution in [3.63, 3.8) is 0 Å². The highest BCUT2D eigenvalue weighted by molar-refractivity contribution is 14.1. The van der Waals surface area contributed by atoms with E-state index in [9.17, 15) is 14.9 Å². The molecule has 1 rings (SSSR count). The van der Waals surface area contributed by atoms with Gasteiger partial charge in [-0.3, -0.25) is 14.9 Å². The molecule has 1 N–H and O–H groups in total. The second-order valence-electron chi connectivity index (χ2n) is 3.68. The molecule has 0 spiro atoms. The number of nitrogens with zero attached hydrogens (tertiary/aromatic N) is 1. The molecule has 0 fully saturated rings. The van der Waals surface area contributed by atoms with Gasteiger partial charge in [0, 0.05) is 29.4 Å². The minimum Gasteiger partial charge on any atom is -0.380 e. The monoisotopic (exact) mass is 364 g/mol. The Morgan fingerprint density at radius 3 is 2.83 bits per heavy atom. The first-order chi connectivity index (χ1) is 8.45. The summed E-state index contributed by atoms with van der Waals surface area (Å²) in [5, 5.41) is 13.3. The summed E-state index contributed by atoms with van der Waals surface area (Å²) in [6.07, 6.45) is -0.106. The average Bonchev–Trinajstić information content (AvgIpc) is 2.35. The fraction of sp³-hybridized carbons (Fsp3) is 0.364. The lowest BCUT2D eigenvalue weighted by molar-refractivity contribution is -0.384. The van der Waals surface area contributed by atoms with Crippen molar-refractivity contribution >= 4 is 34.2 Å². The van der Waals surface area contributed by atoms with E-state index in [0.29, 0.717) is 15.7 Å². The van der Waals surface area contributed by atoms with Gasteiger partial charge in [-0.1, -0.05) is 0 Å². The number of amides is 1. The number of ether oxygens (including phenoxy) is 1. The Kier molecular flexibility index (Phi) is 5.48. The van der Waals surface area contributed by atoms with Gasteiger partial charge in [0.1, 0.15) is 0 Å². The van der Waals surface area contributed by atoms with Crippen LogP contribution in [-0.4, -0.2) is 30.6 Å². The molecule has 0 aromatic heterocycles. The molecule has 1 aromatic carbocycles. The van der Waals surface area contributed by atoms with Crippen LogP contribution in [0.5, 0.6) is 0 Å². The topological polar surface area (TPSA) is 81.5 Å². The zero-order chi connectivity index (χ0) is 13.7. The molecule has 18 heavy (non-hydrogen) atoms. The van der Waals surface area contributed by atoms with Crippen LogP contribution >= 0.6 is 22.6 Å². The van der Waals surface area contributed by atoms with Crippen LogP contribution in [0.25, 0.3) is 0 Å². The smallest absolute Gasteiger partial charge is 0.270 e. The van der Waals surface area contributed by atoms with E-state index in [1.807, 2.05) is 29.5 Å². The Labute approximate surface area is 118 Å². The summed E-state index contributed by atoms with van der Waals surface area (Å²) < 4.78 is 5.67. The maximum Gasteiger partial charge on any atom is 0.270 e. The molecular formula is C11H13IN2O4. The SMILES string of the molecule is COC(C)CNC(=O)c1cc([N+](=O)[O-])ccc1I. The van der Waals surface area contributed by atoms with E-state index in [-0.39, 0.29) is 17.7 Å². The van der Waals surface area contributed by atoms with Crippen LogP contribution < -0.4 is 5.32 Å². The molecule has 1 amide bonds. The quantitative estimate of drug-likeness (QED) is 0.492. The standard InChI is InChI=1S/C11H13IN2O4/c1-7(18-2)6-13-11(15)9-5-8(14(16)17)3-4-10(9)12/h3-5,7H,6H2,1-2H3,(H,13,15). The fourth-order valence-corrected chi connectivity index (χ4v) is 1.80. The number of benzene rings is 1. The summed E-state index contributed by atoms with van der Waals surface area (Å²) in [7, 11) is 1.55. The fourth-order valence-electron chi connectivity index (χ4n) is 1.22. The van der Waals surface area contributed by atoms with Gasteiger partial charge in [-0.2, -0.15) is 0 Å². The second kappa shape index (κ2) is 6.64. The maximum absolute atomic E-state index is 11.9. The van der Waals surface area contributed by atoms with Crippen LogP contribution in [0, 0.1) is 13.7 Å². The summed E-state index contributed by atoms with van der Waals surface area (Å²) in [6, 6.07) is 4.19. The van der Waals surface area contributed by atoms with Crippen LogP contribution in [0.4, 0.5) is 5.69 Å². The zero-order valence-corrected chi connectivity index (χ0v) is 12.1. The van der Waals surface area contributed by atoms with Crippen LogP contribution in [-0.2, 0) is 4.74 Å². The maximum atomic E-state index is 11.9. The number of carbonyl (C=O) groups excluding carboxylic acids is 1. The molecule has 0 saturated heterocycles. The van der Waals surface area contributed by atoms with Crippen molar-refractivity contribution in [1.82, 2.24) is 5.32 Å². The van der Waals surface area contributed by atoms with Gasteiger partial charge in [0.15, 0.2) is 0 Å². The highest BCUT2D eigenvalue weighted by Crippen LogP contribution is 2.19. The third-order valence-electron chi connectivity index (χ3n) is 2.36. The zero-order valence-electron chi connectivity index (χ0n) is 9.97. The van der Waals surface area contributed by atoms with Crippen molar-refractivity contribution in [2.45, 2.75) is 13.0 Å². The van der Waals surface area contributed by atoms with Crippen LogP contribution in [0.3, 0.4) is 0 Å². The summed E-state index contributed by atoms with van der Waals surface area (Å²) in [5.74, 6) is -0.341. The molecule has 6 nitrogen and oxygen atoms in total. The first kappa shape index (κ1) is 14.8. The molecule has 0 aliphatic rings. The number of nitro benzene ring substituents is 1. The lowest BCUT2D eigenvalue weighted by Crippen LogP contribution is -2.32. The molecule has 98 valence electrons. The lowest BCUT2D eigenvalue weighted by atomic mass is 10.2. The summed E-state index contributed by atoms with van der Waals surface area (Å²) in [6.45, 7) is 2.17. The van der Waals surface area contributed by atoms with Gasteiger partial charge >= 0.3 is 0 Å². The molecule has 0 aliphatic heterocycles. The van der Waals surface area contributed by atoms with Gasteiger partial charge in [0.25, 0.3) is 11.6 Å². The first-order valence-corrected chi connectivity index (χ1v) is 6.28. The van der Waals surface area contributed by atoms with Crippen molar-refractivity contribution in [3.8, 4) is 0 Å². The van der Waals surface area contributed by atoms with Crippen molar-refractivity contribution in [2.75, 3.05) is 13.7 Å². The molecule has 0 aliphatic carbocycles. The molecule has 0 bridgehead atoms. The van der Waals surface area contributed by atoms with Crippen LogP contribution in [0.2, 0.25) is 0 Å². The Morgan fingerprint density at radius 1 is 1.61 bits per heavy atom. The van der Waals surface area contributed by atoms with Gasteiger partial charge in [-0.25, -0.2) is 0 Å². The largest absolute Gasteiger partial charge is 0.380 e. The molecule has 0 heterocycles. The van der Waals surface area contributed by atoms with E-state index in [1.165, 1.54) is 12.1 Å².